The van der Waals surface area contributed by atoms with Gasteiger partial charge in [0.05, 0.1) is 6.04 Å². The van der Waals surface area contributed by atoms with Gasteiger partial charge in [-0.25, -0.2) is 0 Å². The van der Waals surface area contributed by atoms with E-state index in [9.17, 15) is 13.2 Å². The molecule has 1 aromatic rings. The molecule has 8 heteroatoms. The highest BCUT2D eigenvalue weighted by Gasteiger charge is 2.26. The third-order valence-corrected chi connectivity index (χ3v) is 2.23. The number of nitrogens with zero attached hydrogens (tertiary/aromatic N) is 2. The predicted molar refractivity (Wildman–Crippen MR) is 60.2 cm³/mol. The molecule has 1 atom stereocenters. The molecule has 1 aromatic heterocycles. The van der Waals surface area contributed by atoms with Crippen molar-refractivity contribution >= 4 is 6.01 Å². The first-order valence-corrected chi connectivity index (χ1v) is 5.79. The van der Waals surface area contributed by atoms with Gasteiger partial charge in [-0.3, -0.25) is 0 Å². The van der Waals surface area contributed by atoms with Crippen LogP contribution in [-0.4, -0.2) is 29.5 Å². The minimum Gasteiger partial charge on any atom is -0.406 e. The molecule has 1 rings (SSSR count). The lowest BCUT2D eigenvalue weighted by molar-refractivity contribution is -0.134. The zero-order chi connectivity index (χ0) is 13.6. The van der Waals surface area contributed by atoms with Crippen LogP contribution in [0.3, 0.4) is 0 Å². The van der Waals surface area contributed by atoms with E-state index in [1.807, 2.05) is 13.8 Å². The van der Waals surface area contributed by atoms with Crippen molar-refractivity contribution in [2.75, 3.05) is 18.4 Å². The lowest BCUT2D eigenvalue weighted by Gasteiger charge is -2.06. The van der Waals surface area contributed by atoms with Crippen LogP contribution in [0.1, 0.15) is 38.6 Å². The summed E-state index contributed by atoms with van der Waals surface area (Å²) in [6.07, 6.45) is -4.97. The lowest BCUT2D eigenvalue weighted by Crippen LogP contribution is -2.17. The van der Waals surface area contributed by atoms with E-state index < -0.39 is 12.6 Å². The molecule has 0 saturated heterocycles. The monoisotopic (exact) mass is 266 g/mol. The third kappa shape index (κ3) is 5.35. The van der Waals surface area contributed by atoms with E-state index in [1.165, 1.54) is 0 Å². The maximum absolute atomic E-state index is 11.9. The van der Waals surface area contributed by atoms with E-state index in [4.69, 9.17) is 4.42 Å². The average Bonchev–Trinajstić information content (AvgIpc) is 2.72. The Morgan fingerprint density at radius 2 is 2.06 bits per heavy atom. The van der Waals surface area contributed by atoms with Crippen molar-refractivity contribution in [3.63, 3.8) is 0 Å². The van der Waals surface area contributed by atoms with E-state index in [2.05, 4.69) is 20.8 Å². The Hall–Kier alpha value is -1.31. The highest BCUT2D eigenvalue weighted by Crippen LogP contribution is 2.21. The van der Waals surface area contributed by atoms with Crippen LogP contribution in [0.2, 0.25) is 0 Å². The van der Waals surface area contributed by atoms with Crippen LogP contribution in [0.15, 0.2) is 4.42 Å². The normalized spacial score (nSPS) is 13.6. The minimum atomic E-state index is -4.12. The van der Waals surface area contributed by atoms with Crippen molar-refractivity contribution in [2.45, 2.75) is 38.9 Å². The maximum Gasteiger partial charge on any atom is 0.389 e. The van der Waals surface area contributed by atoms with Crippen LogP contribution >= 0.6 is 0 Å². The summed E-state index contributed by atoms with van der Waals surface area (Å²) in [4.78, 5) is 0. The summed E-state index contributed by atoms with van der Waals surface area (Å²) in [7, 11) is 0. The van der Waals surface area contributed by atoms with Gasteiger partial charge in [0, 0.05) is 13.0 Å². The topological polar surface area (TPSA) is 63.0 Å². The summed E-state index contributed by atoms with van der Waals surface area (Å²) in [6.45, 7) is 4.72. The van der Waals surface area contributed by atoms with Gasteiger partial charge in [-0.2, -0.15) is 13.2 Å². The van der Waals surface area contributed by atoms with Gasteiger partial charge < -0.3 is 15.1 Å². The van der Waals surface area contributed by atoms with Crippen molar-refractivity contribution in [1.82, 2.24) is 15.5 Å². The molecule has 0 fully saturated rings. The number of nitrogens with one attached hydrogen (secondary N) is 2. The molecule has 5 nitrogen and oxygen atoms in total. The second kappa shape index (κ2) is 6.58. The second-order valence-electron chi connectivity index (χ2n) is 3.87. The van der Waals surface area contributed by atoms with Crippen molar-refractivity contribution in [2.24, 2.45) is 0 Å². The Morgan fingerprint density at radius 3 is 2.67 bits per heavy atom. The summed E-state index contributed by atoms with van der Waals surface area (Å²) in [5, 5.41) is 13.3. The fourth-order valence-electron chi connectivity index (χ4n) is 1.36. The molecule has 18 heavy (non-hydrogen) atoms. The number of halogens is 3. The van der Waals surface area contributed by atoms with Gasteiger partial charge in [0.25, 0.3) is 0 Å². The molecular weight excluding hydrogens is 249 g/mol. The van der Waals surface area contributed by atoms with E-state index in [-0.39, 0.29) is 25.0 Å². The van der Waals surface area contributed by atoms with Gasteiger partial charge in [-0.05, 0) is 19.9 Å². The molecule has 1 unspecified atom stereocenters. The van der Waals surface area contributed by atoms with Crippen molar-refractivity contribution < 1.29 is 17.6 Å². The highest BCUT2D eigenvalue weighted by atomic mass is 19.4. The summed E-state index contributed by atoms with van der Waals surface area (Å²) < 4.78 is 40.9. The van der Waals surface area contributed by atoms with E-state index >= 15 is 0 Å². The fraction of sp³-hybridized carbons (Fsp3) is 0.800. The van der Waals surface area contributed by atoms with Gasteiger partial charge in [0.2, 0.25) is 5.89 Å². The number of alkyl halides is 3. The Balaban J connectivity index is 2.31. The summed E-state index contributed by atoms with van der Waals surface area (Å²) >= 11 is 0. The van der Waals surface area contributed by atoms with E-state index in [1.54, 1.807) is 0 Å². The molecular formula is C10H17F3N4O. The summed E-state index contributed by atoms with van der Waals surface area (Å²) in [5.74, 6) is 0.412. The Labute approximate surface area is 103 Å². The lowest BCUT2D eigenvalue weighted by atomic mass is 10.3. The largest absolute Gasteiger partial charge is 0.406 e. The number of hydrogen-bond donors (Lipinski definition) is 2. The smallest absolute Gasteiger partial charge is 0.389 e. The van der Waals surface area contributed by atoms with Crippen molar-refractivity contribution in [3.8, 4) is 0 Å². The SMILES string of the molecule is CCNC(C)c1nnc(NCCCC(F)(F)F)o1. The third-order valence-electron chi connectivity index (χ3n) is 2.23. The van der Waals surface area contributed by atoms with Crippen LogP contribution in [-0.2, 0) is 0 Å². The molecule has 0 aromatic carbocycles. The van der Waals surface area contributed by atoms with Gasteiger partial charge in [-0.15, -0.1) is 5.10 Å². The molecule has 1 heterocycles. The van der Waals surface area contributed by atoms with E-state index in [0.717, 1.165) is 6.54 Å². The molecule has 0 aliphatic carbocycles. The zero-order valence-electron chi connectivity index (χ0n) is 10.3. The molecule has 0 spiro atoms. The van der Waals surface area contributed by atoms with Crippen LogP contribution in [0, 0.1) is 0 Å². The van der Waals surface area contributed by atoms with Crippen LogP contribution in [0.4, 0.5) is 19.2 Å². The van der Waals surface area contributed by atoms with Crippen LogP contribution in [0.25, 0.3) is 0 Å². The Bertz CT molecular complexity index is 353. The highest BCUT2D eigenvalue weighted by molar-refractivity contribution is 5.16. The molecule has 0 amide bonds. The first kappa shape index (κ1) is 14.7. The zero-order valence-corrected chi connectivity index (χ0v) is 10.3. The van der Waals surface area contributed by atoms with Gasteiger partial charge in [-0.1, -0.05) is 12.0 Å². The van der Waals surface area contributed by atoms with Gasteiger partial charge in [0.1, 0.15) is 0 Å². The predicted octanol–water partition coefficient (Wildman–Crippen LogP) is 2.49. The van der Waals surface area contributed by atoms with Crippen molar-refractivity contribution in [1.29, 1.82) is 0 Å². The summed E-state index contributed by atoms with van der Waals surface area (Å²) in [6, 6.07) is 0.0742. The Kier molecular flexibility index (Phi) is 5.39. The average molecular weight is 266 g/mol. The molecule has 0 aliphatic rings. The number of hydrogen-bond acceptors (Lipinski definition) is 5. The Morgan fingerprint density at radius 1 is 1.33 bits per heavy atom. The van der Waals surface area contributed by atoms with Gasteiger partial charge in [0.15, 0.2) is 0 Å². The van der Waals surface area contributed by atoms with Crippen molar-refractivity contribution in [3.05, 3.63) is 5.89 Å². The molecule has 0 saturated carbocycles. The van der Waals surface area contributed by atoms with Gasteiger partial charge >= 0.3 is 12.2 Å². The van der Waals surface area contributed by atoms with Crippen LogP contribution in [0.5, 0.6) is 0 Å². The van der Waals surface area contributed by atoms with Crippen LogP contribution < -0.4 is 10.6 Å². The number of aromatic nitrogens is 2. The molecule has 0 bridgehead atoms. The molecule has 104 valence electrons. The summed E-state index contributed by atoms with van der Waals surface area (Å²) in [5.41, 5.74) is 0. The molecule has 2 N–H and O–H groups in total. The fourth-order valence-corrected chi connectivity index (χ4v) is 1.36. The minimum absolute atomic E-state index is 0.0238. The number of anilines is 1. The maximum atomic E-state index is 11.9. The molecule has 0 aliphatic heterocycles. The second-order valence-corrected chi connectivity index (χ2v) is 3.87. The van der Waals surface area contributed by atoms with E-state index in [0.29, 0.717) is 5.89 Å². The standard InChI is InChI=1S/C10H17F3N4O/c1-3-14-7(2)8-16-17-9(18-8)15-6-4-5-10(11,12)13/h7,14H,3-6H2,1-2H3,(H,15,17). The first-order chi connectivity index (χ1) is 8.42. The quantitative estimate of drug-likeness (QED) is 0.742. The first-order valence-electron chi connectivity index (χ1n) is 5.79. The number of rotatable bonds is 7. The molecule has 0 radical (unpaired) electrons.